The van der Waals surface area contributed by atoms with Crippen LogP contribution < -0.4 is 5.32 Å². The molecule has 0 saturated carbocycles. The van der Waals surface area contributed by atoms with Gasteiger partial charge in [-0.2, -0.15) is 5.26 Å². The fourth-order valence-electron chi connectivity index (χ4n) is 2.86. The number of nitrogens with one attached hydrogen (secondary N) is 1. The van der Waals surface area contributed by atoms with E-state index in [1.807, 2.05) is 6.07 Å². The fraction of sp³-hybridized carbons (Fsp3) is 0.125. The quantitative estimate of drug-likeness (QED) is 0.570. The molecule has 7 heteroatoms. The predicted molar refractivity (Wildman–Crippen MR) is 112 cm³/mol. The third-order valence-electron chi connectivity index (χ3n) is 4.52. The molecule has 0 aliphatic rings. The summed E-state index contributed by atoms with van der Waals surface area (Å²) in [5.41, 5.74) is 2.65. The second kappa shape index (κ2) is 10.0. The topological polar surface area (TPSA) is 88.4 Å². The van der Waals surface area contributed by atoms with E-state index in [-0.39, 0.29) is 18.7 Å². The van der Waals surface area contributed by atoms with E-state index in [4.69, 9.17) is 10.00 Å². The molecule has 0 aromatic heterocycles. The van der Waals surface area contributed by atoms with Gasteiger partial charge in [-0.3, -0.25) is 0 Å². The summed E-state index contributed by atoms with van der Waals surface area (Å²) in [4.78, 5) is 24.2. The van der Waals surface area contributed by atoms with Gasteiger partial charge in [-0.1, -0.05) is 30.3 Å². The van der Waals surface area contributed by atoms with Gasteiger partial charge in [0.05, 0.1) is 29.9 Å². The Morgan fingerprint density at radius 2 is 1.68 bits per heavy atom. The Morgan fingerprint density at radius 3 is 2.39 bits per heavy atom. The van der Waals surface area contributed by atoms with Crippen LogP contribution in [0.1, 0.15) is 37.4 Å². The van der Waals surface area contributed by atoms with Gasteiger partial charge in [-0.25, -0.2) is 14.0 Å². The lowest BCUT2D eigenvalue weighted by Gasteiger charge is -2.13. The highest BCUT2D eigenvalue weighted by atomic mass is 19.1. The minimum Gasteiger partial charge on any atom is -0.465 e. The summed E-state index contributed by atoms with van der Waals surface area (Å²) in [6, 6.07) is 19.8. The zero-order valence-corrected chi connectivity index (χ0v) is 16.7. The Hall–Kier alpha value is -4.18. The number of hydrogen-bond donors (Lipinski definition) is 1. The molecule has 31 heavy (non-hydrogen) atoms. The summed E-state index contributed by atoms with van der Waals surface area (Å²) >= 11 is 0. The number of benzene rings is 3. The van der Waals surface area contributed by atoms with Crippen molar-refractivity contribution < 1.29 is 23.5 Å². The van der Waals surface area contributed by atoms with Crippen molar-refractivity contribution >= 4 is 17.6 Å². The van der Waals surface area contributed by atoms with Gasteiger partial charge in [0, 0.05) is 12.2 Å². The first-order chi connectivity index (χ1) is 15.0. The highest BCUT2D eigenvalue weighted by Gasteiger charge is 2.15. The zero-order valence-electron chi connectivity index (χ0n) is 16.7. The summed E-state index contributed by atoms with van der Waals surface area (Å²) in [5.74, 6) is -1.93. The van der Waals surface area contributed by atoms with Crippen molar-refractivity contribution in [3.8, 4) is 6.07 Å². The van der Waals surface area contributed by atoms with E-state index < -0.39 is 17.8 Å². The molecular weight excluding hydrogens is 399 g/mol. The SMILES string of the molecule is COC(=O)c1cc(CNc2ccccc2C(=O)OCc2ccc(C#N)cc2)ccc1F. The molecule has 0 radical (unpaired) electrons. The molecule has 0 saturated heterocycles. The van der Waals surface area contributed by atoms with E-state index in [1.165, 1.54) is 19.2 Å². The Balaban J connectivity index is 1.68. The van der Waals surface area contributed by atoms with Gasteiger partial charge in [-0.15, -0.1) is 0 Å². The average Bonchev–Trinajstić information content (AvgIpc) is 2.82. The number of nitrogens with zero attached hydrogens (tertiary/aromatic N) is 1. The molecular formula is C24H19FN2O4. The monoisotopic (exact) mass is 418 g/mol. The number of anilines is 1. The Kier molecular flexibility index (Phi) is 6.97. The van der Waals surface area contributed by atoms with Crippen molar-refractivity contribution in [2.75, 3.05) is 12.4 Å². The highest BCUT2D eigenvalue weighted by Crippen LogP contribution is 2.19. The number of halogens is 1. The van der Waals surface area contributed by atoms with Gasteiger partial charge in [0.15, 0.2) is 0 Å². The second-order valence-corrected chi connectivity index (χ2v) is 6.59. The van der Waals surface area contributed by atoms with Crippen molar-refractivity contribution in [2.24, 2.45) is 0 Å². The minimum absolute atomic E-state index is 0.0688. The van der Waals surface area contributed by atoms with Crippen LogP contribution in [-0.2, 0) is 22.6 Å². The van der Waals surface area contributed by atoms with E-state index in [1.54, 1.807) is 54.6 Å². The molecule has 156 valence electrons. The smallest absolute Gasteiger partial charge is 0.340 e. The van der Waals surface area contributed by atoms with E-state index in [0.717, 1.165) is 5.56 Å². The number of nitriles is 1. The summed E-state index contributed by atoms with van der Waals surface area (Å²) < 4.78 is 23.8. The third kappa shape index (κ3) is 5.46. The fourth-order valence-corrected chi connectivity index (χ4v) is 2.86. The molecule has 0 bridgehead atoms. The number of ether oxygens (including phenoxy) is 2. The van der Waals surface area contributed by atoms with Gasteiger partial charge < -0.3 is 14.8 Å². The molecule has 0 atom stereocenters. The minimum atomic E-state index is -0.758. The maximum absolute atomic E-state index is 13.8. The summed E-state index contributed by atoms with van der Waals surface area (Å²) in [6.07, 6.45) is 0. The first kappa shape index (κ1) is 21.5. The molecule has 0 aliphatic carbocycles. The van der Waals surface area contributed by atoms with Crippen molar-refractivity contribution in [3.63, 3.8) is 0 Å². The maximum atomic E-state index is 13.8. The van der Waals surface area contributed by atoms with Crippen molar-refractivity contribution in [1.82, 2.24) is 0 Å². The van der Waals surface area contributed by atoms with Gasteiger partial charge in [0.1, 0.15) is 12.4 Å². The van der Waals surface area contributed by atoms with E-state index in [0.29, 0.717) is 22.4 Å². The van der Waals surface area contributed by atoms with Crippen LogP contribution in [0.4, 0.5) is 10.1 Å². The van der Waals surface area contributed by atoms with Gasteiger partial charge in [-0.05, 0) is 47.5 Å². The molecule has 0 spiro atoms. The molecule has 6 nitrogen and oxygen atoms in total. The second-order valence-electron chi connectivity index (χ2n) is 6.59. The van der Waals surface area contributed by atoms with E-state index in [2.05, 4.69) is 10.1 Å². The van der Waals surface area contributed by atoms with Gasteiger partial charge >= 0.3 is 11.9 Å². The van der Waals surface area contributed by atoms with Crippen LogP contribution in [0.2, 0.25) is 0 Å². The normalized spacial score (nSPS) is 10.1. The van der Waals surface area contributed by atoms with Crippen molar-refractivity contribution in [3.05, 3.63) is 100 Å². The van der Waals surface area contributed by atoms with Crippen LogP contribution in [0.25, 0.3) is 0 Å². The molecule has 3 rings (SSSR count). The molecule has 1 N–H and O–H groups in total. The molecule has 0 aliphatic heterocycles. The molecule has 0 amide bonds. The van der Waals surface area contributed by atoms with Crippen LogP contribution in [0.15, 0.2) is 66.7 Å². The summed E-state index contributed by atoms with van der Waals surface area (Å²) in [5, 5.41) is 12.0. The lowest BCUT2D eigenvalue weighted by molar-refractivity contribution is 0.0473. The van der Waals surface area contributed by atoms with Crippen molar-refractivity contribution in [1.29, 1.82) is 5.26 Å². The number of para-hydroxylation sites is 1. The Morgan fingerprint density at radius 1 is 0.968 bits per heavy atom. The predicted octanol–water partition coefficient (Wildman–Crippen LogP) is 4.45. The number of carbonyl (C=O) groups excluding carboxylic acids is 2. The first-order valence-corrected chi connectivity index (χ1v) is 9.37. The van der Waals surface area contributed by atoms with Crippen LogP contribution >= 0.6 is 0 Å². The Bertz CT molecular complexity index is 1140. The number of rotatable bonds is 7. The van der Waals surface area contributed by atoms with Crippen LogP contribution in [0.3, 0.4) is 0 Å². The lowest BCUT2D eigenvalue weighted by Crippen LogP contribution is -2.11. The molecule has 3 aromatic rings. The van der Waals surface area contributed by atoms with E-state index in [9.17, 15) is 14.0 Å². The van der Waals surface area contributed by atoms with E-state index >= 15 is 0 Å². The molecule has 3 aromatic carbocycles. The molecule has 0 heterocycles. The number of carbonyl (C=O) groups is 2. The lowest BCUT2D eigenvalue weighted by atomic mass is 10.1. The molecule has 0 unspecified atom stereocenters. The van der Waals surface area contributed by atoms with Crippen LogP contribution in [0, 0.1) is 17.1 Å². The third-order valence-corrected chi connectivity index (χ3v) is 4.52. The maximum Gasteiger partial charge on any atom is 0.340 e. The summed E-state index contributed by atoms with van der Waals surface area (Å²) in [6.45, 7) is 0.323. The summed E-state index contributed by atoms with van der Waals surface area (Å²) in [7, 11) is 1.19. The van der Waals surface area contributed by atoms with Crippen LogP contribution in [0.5, 0.6) is 0 Å². The number of esters is 2. The van der Waals surface area contributed by atoms with Gasteiger partial charge in [0.25, 0.3) is 0 Å². The zero-order chi connectivity index (χ0) is 22.2. The first-order valence-electron chi connectivity index (χ1n) is 9.37. The van der Waals surface area contributed by atoms with Crippen molar-refractivity contribution in [2.45, 2.75) is 13.2 Å². The highest BCUT2D eigenvalue weighted by molar-refractivity contribution is 5.95. The van der Waals surface area contributed by atoms with Gasteiger partial charge in [0.2, 0.25) is 0 Å². The van der Waals surface area contributed by atoms with Crippen LogP contribution in [-0.4, -0.2) is 19.0 Å². The molecule has 0 fully saturated rings. The standard InChI is InChI=1S/C24H19FN2O4/c1-30-23(28)20-12-18(10-11-21(20)25)14-27-22-5-3-2-4-19(22)24(29)31-15-17-8-6-16(13-26)7-9-17/h2-12,27H,14-15H2,1H3. The Labute approximate surface area is 178 Å². The average molecular weight is 418 g/mol. The number of methoxy groups -OCH3 is 1. The largest absolute Gasteiger partial charge is 0.465 e. The number of hydrogen-bond acceptors (Lipinski definition) is 6.